The Bertz CT molecular complexity index is 1410. The van der Waals surface area contributed by atoms with Gasteiger partial charge in [0.2, 0.25) is 0 Å². The third-order valence-corrected chi connectivity index (χ3v) is 6.32. The Hall–Kier alpha value is -4.33. The molecule has 1 aliphatic rings. The molecule has 1 amide bonds. The molecule has 2 aromatic heterocycles. The number of aromatic nitrogens is 2. The highest BCUT2D eigenvalue weighted by molar-refractivity contribution is 5.98. The lowest BCUT2D eigenvalue weighted by Gasteiger charge is -2.27. The van der Waals surface area contributed by atoms with Gasteiger partial charge in [-0.05, 0) is 61.0 Å². The van der Waals surface area contributed by atoms with Gasteiger partial charge in [-0.1, -0.05) is 0 Å². The van der Waals surface area contributed by atoms with Crippen LogP contribution in [-0.2, 0) is 24.3 Å². The molecule has 8 heteroatoms. The van der Waals surface area contributed by atoms with E-state index in [1.807, 2.05) is 36.1 Å². The molecule has 0 atom stereocenters. The van der Waals surface area contributed by atoms with Crippen LogP contribution in [0.2, 0.25) is 0 Å². The minimum atomic E-state index is -0.384. The Morgan fingerprint density at radius 2 is 1.81 bits per heavy atom. The zero-order valence-corrected chi connectivity index (χ0v) is 20.2. The number of fused-ring (bicyclic) bond motifs is 3. The SMILES string of the molecule is CCOc1cc(C(=O)N2CCc3[nH]c4ccc(C(=O)OC)cc4c3C2)ccc1OCc1ccncc1. The molecule has 0 fully saturated rings. The Balaban J connectivity index is 1.37. The summed E-state index contributed by atoms with van der Waals surface area (Å²) in [6.07, 6.45) is 4.14. The molecule has 1 aliphatic heterocycles. The number of hydrogen-bond donors (Lipinski definition) is 1. The first kappa shape index (κ1) is 23.4. The fourth-order valence-corrected chi connectivity index (χ4v) is 4.48. The van der Waals surface area contributed by atoms with Crippen LogP contribution in [0.3, 0.4) is 0 Å². The van der Waals surface area contributed by atoms with E-state index >= 15 is 0 Å². The number of carbonyl (C=O) groups is 2. The van der Waals surface area contributed by atoms with E-state index in [9.17, 15) is 9.59 Å². The van der Waals surface area contributed by atoms with Gasteiger partial charge in [0.15, 0.2) is 11.5 Å². The van der Waals surface area contributed by atoms with Crippen molar-refractivity contribution in [3.8, 4) is 11.5 Å². The zero-order chi connectivity index (χ0) is 25.1. The van der Waals surface area contributed by atoms with E-state index < -0.39 is 0 Å². The van der Waals surface area contributed by atoms with Crippen LogP contribution in [0.5, 0.6) is 11.5 Å². The van der Waals surface area contributed by atoms with Crippen LogP contribution in [0.1, 0.15) is 44.5 Å². The second-order valence-electron chi connectivity index (χ2n) is 8.55. The number of benzene rings is 2. The van der Waals surface area contributed by atoms with Gasteiger partial charge in [-0.2, -0.15) is 0 Å². The van der Waals surface area contributed by atoms with Crippen LogP contribution >= 0.6 is 0 Å². The lowest BCUT2D eigenvalue weighted by Crippen LogP contribution is -2.35. The lowest BCUT2D eigenvalue weighted by molar-refractivity contribution is 0.0600. The van der Waals surface area contributed by atoms with Gasteiger partial charge in [-0.25, -0.2) is 4.79 Å². The number of nitrogens with one attached hydrogen (secondary N) is 1. The van der Waals surface area contributed by atoms with E-state index in [2.05, 4.69) is 9.97 Å². The molecule has 0 saturated heterocycles. The summed E-state index contributed by atoms with van der Waals surface area (Å²) in [6.45, 7) is 3.76. The standard InChI is InChI=1S/C28H27N3O5/c1-3-35-26-15-19(5-7-25(26)36-17-18-8-11-29-12-9-18)27(32)31-13-10-24-22(16-31)21-14-20(28(33)34-2)4-6-23(21)30-24/h4-9,11-12,14-15,30H,3,10,13,16-17H2,1-2H3. The Morgan fingerprint density at radius 3 is 2.58 bits per heavy atom. The zero-order valence-electron chi connectivity index (χ0n) is 20.2. The van der Waals surface area contributed by atoms with Crippen molar-refractivity contribution in [3.05, 3.63) is 88.9 Å². The van der Waals surface area contributed by atoms with Crippen molar-refractivity contribution in [2.75, 3.05) is 20.3 Å². The minimum Gasteiger partial charge on any atom is -0.490 e. The molecule has 5 rings (SSSR count). The number of carbonyl (C=O) groups excluding carboxylic acids is 2. The molecule has 0 radical (unpaired) electrons. The largest absolute Gasteiger partial charge is 0.490 e. The molecule has 0 spiro atoms. The average molecular weight is 486 g/mol. The van der Waals surface area contributed by atoms with E-state index in [4.69, 9.17) is 14.2 Å². The number of amides is 1. The molecule has 8 nitrogen and oxygen atoms in total. The number of esters is 1. The van der Waals surface area contributed by atoms with E-state index in [1.165, 1.54) is 7.11 Å². The number of nitrogens with zero attached hydrogens (tertiary/aromatic N) is 2. The smallest absolute Gasteiger partial charge is 0.337 e. The molecule has 1 N–H and O–H groups in total. The maximum absolute atomic E-state index is 13.5. The van der Waals surface area contributed by atoms with Crippen LogP contribution < -0.4 is 9.47 Å². The van der Waals surface area contributed by atoms with Gasteiger partial charge in [0, 0.05) is 59.6 Å². The summed E-state index contributed by atoms with van der Waals surface area (Å²) in [5, 5.41) is 0.931. The molecule has 0 saturated carbocycles. The Morgan fingerprint density at radius 1 is 1.00 bits per heavy atom. The summed E-state index contributed by atoms with van der Waals surface area (Å²) >= 11 is 0. The number of aromatic amines is 1. The Kier molecular flexibility index (Phi) is 6.58. The van der Waals surface area contributed by atoms with Crippen LogP contribution in [0, 0.1) is 0 Å². The molecule has 36 heavy (non-hydrogen) atoms. The highest BCUT2D eigenvalue weighted by atomic mass is 16.5. The predicted octanol–water partition coefficient (Wildman–Crippen LogP) is 4.53. The Labute approximate surface area is 208 Å². The van der Waals surface area contributed by atoms with Crippen molar-refractivity contribution in [3.63, 3.8) is 0 Å². The number of H-pyrrole nitrogens is 1. The molecule has 184 valence electrons. The second-order valence-corrected chi connectivity index (χ2v) is 8.55. The molecule has 0 aliphatic carbocycles. The van der Waals surface area contributed by atoms with Gasteiger partial charge in [0.05, 0.1) is 19.3 Å². The lowest BCUT2D eigenvalue weighted by atomic mass is 10.0. The van der Waals surface area contributed by atoms with Crippen molar-refractivity contribution >= 4 is 22.8 Å². The van der Waals surface area contributed by atoms with E-state index in [0.29, 0.717) is 55.4 Å². The molecule has 0 bridgehead atoms. The molecule has 0 unspecified atom stereocenters. The summed E-state index contributed by atoms with van der Waals surface area (Å²) < 4.78 is 16.6. The van der Waals surface area contributed by atoms with Crippen molar-refractivity contribution in [2.45, 2.75) is 26.5 Å². The van der Waals surface area contributed by atoms with Gasteiger partial charge in [0.25, 0.3) is 5.91 Å². The summed E-state index contributed by atoms with van der Waals surface area (Å²) in [6, 6.07) is 14.5. The number of rotatable bonds is 7. The topological polar surface area (TPSA) is 93.8 Å². The average Bonchev–Trinajstić information content (AvgIpc) is 3.29. The maximum Gasteiger partial charge on any atom is 0.337 e. The second kappa shape index (κ2) is 10.1. The normalized spacial score (nSPS) is 12.8. The van der Waals surface area contributed by atoms with Crippen molar-refractivity contribution < 1.29 is 23.8 Å². The van der Waals surface area contributed by atoms with Crippen LogP contribution in [0.4, 0.5) is 0 Å². The summed E-state index contributed by atoms with van der Waals surface area (Å²) in [5.41, 5.74) is 5.07. The maximum atomic E-state index is 13.5. The van der Waals surface area contributed by atoms with Crippen molar-refractivity contribution in [1.82, 2.24) is 14.9 Å². The van der Waals surface area contributed by atoms with Crippen molar-refractivity contribution in [1.29, 1.82) is 0 Å². The van der Waals surface area contributed by atoms with Gasteiger partial charge < -0.3 is 24.1 Å². The predicted molar refractivity (Wildman–Crippen MR) is 134 cm³/mol. The summed E-state index contributed by atoms with van der Waals surface area (Å²) in [7, 11) is 1.37. The third kappa shape index (κ3) is 4.62. The van der Waals surface area contributed by atoms with E-state index in [1.54, 1.807) is 36.7 Å². The van der Waals surface area contributed by atoms with E-state index in [0.717, 1.165) is 27.7 Å². The summed E-state index contributed by atoms with van der Waals surface area (Å²) in [5.74, 6) is 0.647. The number of pyridine rings is 1. The van der Waals surface area contributed by atoms with Crippen LogP contribution in [0.25, 0.3) is 10.9 Å². The molecule has 2 aromatic carbocycles. The van der Waals surface area contributed by atoms with Gasteiger partial charge in [-0.15, -0.1) is 0 Å². The van der Waals surface area contributed by atoms with Crippen LogP contribution in [0.15, 0.2) is 60.9 Å². The first-order valence-corrected chi connectivity index (χ1v) is 11.9. The van der Waals surface area contributed by atoms with Gasteiger partial charge in [0.1, 0.15) is 6.61 Å². The quantitative estimate of drug-likeness (QED) is 0.387. The van der Waals surface area contributed by atoms with Gasteiger partial charge >= 0.3 is 5.97 Å². The molecule has 4 aromatic rings. The first-order chi connectivity index (χ1) is 17.6. The van der Waals surface area contributed by atoms with E-state index in [-0.39, 0.29) is 11.9 Å². The fourth-order valence-electron chi connectivity index (χ4n) is 4.48. The number of hydrogen-bond acceptors (Lipinski definition) is 6. The highest BCUT2D eigenvalue weighted by Gasteiger charge is 2.26. The first-order valence-electron chi connectivity index (χ1n) is 11.9. The minimum absolute atomic E-state index is 0.0826. The highest BCUT2D eigenvalue weighted by Crippen LogP contribution is 2.32. The number of ether oxygens (including phenoxy) is 3. The molecular formula is C28H27N3O5. The monoisotopic (exact) mass is 485 g/mol. The molecule has 3 heterocycles. The fraction of sp³-hybridized carbons (Fsp3) is 0.250. The van der Waals surface area contributed by atoms with Crippen molar-refractivity contribution in [2.24, 2.45) is 0 Å². The van der Waals surface area contributed by atoms with Gasteiger partial charge in [-0.3, -0.25) is 9.78 Å². The third-order valence-electron chi connectivity index (χ3n) is 6.32. The van der Waals surface area contributed by atoms with Crippen LogP contribution in [-0.4, -0.2) is 47.0 Å². The number of methoxy groups -OCH3 is 1. The summed E-state index contributed by atoms with van der Waals surface area (Å²) in [4.78, 5) is 34.8. The molecular weight excluding hydrogens is 458 g/mol.